The number of para-hydroxylation sites is 2. The fourth-order valence-electron chi connectivity index (χ4n) is 2.68. The second kappa shape index (κ2) is 6.99. The summed E-state index contributed by atoms with van der Waals surface area (Å²) in [5.74, 6) is 0.797. The minimum absolute atomic E-state index is 0.319. The Kier molecular flexibility index (Phi) is 5.29. The minimum atomic E-state index is 0.319. The monoisotopic (exact) mass is 288 g/mol. The molecule has 0 spiro atoms. The van der Waals surface area contributed by atoms with Crippen molar-refractivity contribution in [3.8, 4) is 5.75 Å². The largest absolute Gasteiger partial charge is 0.491 e. The highest BCUT2D eigenvalue weighted by atomic mass is 16.5. The molecular weight excluding hydrogens is 260 g/mol. The van der Waals surface area contributed by atoms with Crippen LogP contribution in [0.3, 0.4) is 0 Å². The van der Waals surface area contributed by atoms with Gasteiger partial charge in [-0.3, -0.25) is 4.90 Å². The van der Waals surface area contributed by atoms with Crippen LogP contribution in [0.5, 0.6) is 5.75 Å². The number of benzene rings is 1. The van der Waals surface area contributed by atoms with E-state index in [1.165, 1.54) is 6.42 Å². The maximum atomic E-state index is 5.86. The van der Waals surface area contributed by atoms with Gasteiger partial charge >= 0.3 is 0 Å². The third-order valence-electron chi connectivity index (χ3n) is 4.05. The van der Waals surface area contributed by atoms with Crippen LogP contribution in [0, 0.1) is 5.41 Å². The zero-order valence-corrected chi connectivity index (χ0v) is 13.6. The third-order valence-corrected chi connectivity index (χ3v) is 4.05. The van der Waals surface area contributed by atoms with Crippen LogP contribution < -0.4 is 10.5 Å². The quantitative estimate of drug-likeness (QED) is 0.510. The molecule has 1 aliphatic rings. The number of nitrogens with zero attached hydrogens (tertiary/aromatic N) is 1. The molecule has 2 rings (SSSR count). The first-order valence-electron chi connectivity index (χ1n) is 7.86. The summed E-state index contributed by atoms with van der Waals surface area (Å²) in [7, 11) is 0. The Labute approximate surface area is 128 Å². The van der Waals surface area contributed by atoms with Crippen molar-refractivity contribution in [2.24, 2.45) is 5.41 Å². The van der Waals surface area contributed by atoms with Crippen LogP contribution >= 0.6 is 0 Å². The first kappa shape index (κ1) is 15.9. The molecule has 2 N–H and O–H groups in total. The Morgan fingerprint density at radius 2 is 2.00 bits per heavy atom. The first-order chi connectivity index (χ1) is 9.97. The van der Waals surface area contributed by atoms with Gasteiger partial charge < -0.3 is 10.5 Å². The molecule has 0 unspecified atom stereocenters. The molecular formula is C18H28N2O. The van der Waals surface area contributed by atoms with Crippen LogP contribution in [0.4, 0.5) is 5.69 Å². The van der Waals surface area contributed by atoms with Gasteiger partial charge in [0.2, 0.25) is 0 Å². The number of hydrogen-bond acceptors (Lipinski definition) is 3. The first-order valence-corrected chi connectivity index (χ1v) is 7.86. The van der Waals surface area contributed by atoms with E-state index < -0.39 is 0 Å². The lowest BCUT2D eigenvalue weighted by Crippen LogP contribution is -2.32. The maximum Gasteiger partial charge on any atom is 0.142 e. The van der Waals surface area contributed by atoms with Gasteiger partial charge in [-0.05, 0) is 30.4 Å². The van der Waals surface area contributed by atoms with Crippen molar-refractivity contribution >= 4 is 5.69 Å². The molecule has 0 aromatic heterocycles. The van der Waals surface area contributed by atoms with Gasteiger partial charge in [-0.1, -0.05) is 44.6 Å². The zero-order valence-electron chi connectivity index (χ0n) is 13.6. The number of nitrogens with two attached hydrogens (primary N) is 1. The van der Waals surface area contributed by atoms with E-state index >= 15 is 0 Å². The number of rotatable bonds is 5. The highest BCUT2D eigenvalue weighted by molar-refractivity contribution is 5.51. The van der Waals surface area contributed by atoms with Crippen LogP contribution in [-0.4, -0.2) is 31.1 Å². The van der Waals surface area contributed by atoms with Gasteiger partial charge in [0.25, 0.3) is 0 Å². The van der Waals surface area contributed by atoms with Crippen LogP contribution in [0.1, 0.15) is 33.6 Å². The molecule has 116 valence electrons. The molecule has 3 heteroatoms. The number of ether oxygens (including phenoxy) is 1. The molecule has 0 amide bonds. The zero-order chi connectivity index (χ0) is 15.3. The summed E-state index contributed by atoms with van der Waals surface area (Å²) in [6.07, 6.45) is 4.63. The van der Waals surface area contributed by atoms with Crippen molar-refractivity contribution in [1.82, 2.24) is 4.90 Å². The minimum Gasteiger partial charge on any atom is -0.491 e. The molecule has 0 radical (unpaired) electrons. The topological polar surface area (TPSA) is 38.5 Å². The second-order valence-electron chi connectivity index (χ2n) is 6.77. The van der Waals surface area contributed by atoms with E-state index in [-0.39, 0.29) is 0 Å². The van der Waals surface area contributed by atoms with E-state index in [4.69, 9.17) is 10.5 Å². The van der Waals surface area contributed by atoms with Gasteiger partial charge in [0.1, 0.15) is 5.75 Å². The third kappa shape index (κ3) is 4.78. The molecule has 0 fully saturated rings. The Bertz CT molecular complexity index is 488. The van der Waals surface area contributed by atoms with E-state index in [2.05, 4.69) is 31.7 Å². The summed E-state index contributed by atoms with van der Waals surface area (Å²) in [6, 6.07) is 7.68. The summed E-state index contributed by atoms with van der Waals surface area (Å²) in [5, 5.41) is 0. The average molecular weight is 288 g/mol. The molecule has 1 aliphatic heterocycles. The fraction of sp³-hybridized carbons (Fsp3) is 0.556. The number of hydrogen-bond donors (Lipinski definition) is 1. The van der Waals surface area contributed by atoms with E-state index in [9.17, 15) is 0 Å². The van der Waals surface area contributed by atoms with Crippen molar-refractivity contribution in [1.29, 1.82) is 0 Å². The van der Waals surface area contributed by atoms with Gasteiger partial charge in [0, 0.05) is 19.6 Å². The molecule has 21 heavy (non-hydrogen) atoms. The lowest BCUT2D eigenvalue weighted by molar-refractivity contribution is 0.239. The Morgan fingerprint density at radius 3 is 2.62 bits per heavy atom. The van der Waals surface area contributed by atoms with Gasteiger partial charge in [-0.25, -0.2) is 0 Å². The lowest BCUT2D eigenvalue weighted by atomic mass is 9.83. The summed E-state index contributed by atoms with van der Waals surface area (Å²) in [6.45, 7) is 10.9. The van der Waals surface area contributed by atoms with E-state index in [0.717, 1.165) is 38.4 Å². The highest BCUT2D eigenvalue weighted by Gasteiger charge is 2.20. The van der Waals surface area contributed by atoms with Crippen LogP contribution in [0.15, 0.2) is 35.9 Å². The summed E-state index contributed by atoms with van der Waals surface area (Å²) in [4.78, 5) is 2.49. The average Bonchev–Trinajstić information content (AvgIpc) is 2.45. The van der Waals surface area contributed by atoms with Crippen molar-refractivity contribution in [3.63, 3.8) is 0 Å². The van der Waals surface area contributed by atoms with Crippen molar-refractivity contribution in [2.45, 2.75) is 33.6 Å². The molecule has 0 saturated carbocycles. The van der Waals surface area contributed by atoms with Crippen LogP contribution in [-0.2, 0) is 0 Å². The molecule has 1 aromatic carbocycles. The molecule has 0 atom stereocenters. The molecule has 0 aliphatic carbocycles. The van der Waals surface area contributed by atoms with E-state index in [1.54, 1.807) is 5.57 Å². The summed E-state index contributed by atoms with van der Waals surface area (Å²) >= 11 is 0. The maximum absolute atomic E-state index is 5.86. The predicted molar refractivity (Wildman–Crippen MR) is 89.6 cm³/mol. The van der Waals surface area contributed by atoms with Crippen molar-refractivity contribution in [2.75, 3.05) is 32.0 Å². The fourth-order valence-corrected chi connectivity index (χ4v) is 2.68. The molecule has 1 heterocycles. The normalized spacial score (nSPS) is 16.6. The molecule has 3 nitrogen and oxygen atoms in total. The van der Waals surface area contributed by atoms with Gasteiger partial charge in [0.15, 0.2) is 0 Å². The summed E-state index contributed by atoms with van der Waals surface area (Å²) in [5.41, 5.74) is 8.48. The predicted octanol–water partition coefficient (Wildman–Crippen LogP) is 3.72. The van der Waals surface area contributed by atoms with Gasteiger partial charge in [0.05, 0.1) is 12.3 Å². The van der Waals surface area contributed by atoms with Crippen molar-refractivity contribution < 1.29 is 4.74 Å². The Balaban J connectivity index is 1.69. The lowest BCUT2D eigenvalue weighted by Gasteiger charge is -2.32. The second-order valence-corrected chi connectivity index (χ2v) is 6.77. The van der Waals surface area contributed by atoms with Crippen LogP contribution in [0.25, 0.3) is 0 Å². The van der Waals surface area contributed by atoms with Crippen molar-refractivity contribution in [3.05, 3.63) is 35.9 Å². The van der Waals surface area contributed by atoms with Gasteiger partial charge in [-0.2, -0.15) is 0 Å². The van der Waals surface area contributed by atoms with E-state index in [1.807, 2.05) is 24.3 Å². The molecule has 0 saturated heterocycles. The van der Waals surface area contributed by atoms with E-state index in [0.29, 0.717) is 11.1 Å². The van der Waals surface area contributed by atoms with Gasteiger partial charge in [-0.15, -0.1) is 0 Å². The highest BCUT2D eigenvalue weighted by Crippen LogP contribution is 2.30. The smallest absolute Gasteiger partial charge is 0.142 e. The molecule has 1 aromatic rings. The standard InChI is InChI=1S/C18H28N2O/c1-18(2,3)15-9-12-20(13-10-15)11-6-14-21-17-8-5-4-7-16(17)19/h4-5,7-9H,6,10-14,19H2,1-3H3. The SMILES string of the molecule is CC(C)(C)C1=CCN(CCCOc2ccccc2N)CC1. The number of nitrogen functional groups attached to an aromatic ring is 1. The molecule has 0 bridgehead atoms. The Hall–Kier alpha value is -1.48. The Morgan fingerprint density at radius 1 is 1.24 bits per heavy atom. The summed E-state index contributed by atoms with van der Waals surface area (Å²) < 4.78 is 5.74. The number of anilines is 1. The van der Waals surface area contributed by atoms with Crippen LogP contribution in [0.2, 0.25) is 0 Å².